The summed E-state index contributed by atoms with van der Waals surface area (Å²) < 4.78 is 6.56. The molecule has 5 nitrogen and oxygen atoms in total. The van der Waals surface area contributed by atoms with E-state index in [2.05, 4.69) is 38.7 Å². The Morgan fingerprint density at radius 2 is 1.93 bits per heavy atom. The molecule has 6 atom stereocenters. The molecule has 1 aliphatic heterocycles. The predicted molar refractivity (Wildman–Crippen MR) is 110 cm³/mol. The van der Waals surface area contributed by atoms with Crippen LogP contribution in [0.3, 0.4) is 0 Å². The normalized spacial score (nSPS) is 39.1. The number of hydrogen-bond donors (Lipinski definition) is 0. The molecular weight excluding hydrogens is 357 g/mol. The maximum Gasteiger partial charge on any atom is 0.281 e. The van der Waals surface area contributed by atoms with E-state index in [1.54, 1.807) is 0 Å². The Bertz CT molecular complexity index is 607. The summed E-state index contributed by atoms with van der Waals surface area (Å²) in [7, 11) is -1.57. The van der Waals surface area contributed by atoms with E-state index in [1.165, 1.54) is 0 Å². The van der Waals surface area contributed by atoms with Crippen LogP contribution in [0.2, 0.25) is 18.1 Å². The fourth-order valence-electron chi connectivity index (χ4n) is 6.10. The maximum absolute atomic E-state index is 11.9. The van der Waals surface area contributed by atoms with Crippen molar-refractivity contribution in [2.24, 2.45) is 23.2 Å². The van der Waals surface area contributed by atoms with Crippen molar-refractivity contribution in [2.75, 3.05) is 6.61 Å². The van der Waals surface area contributed by atoms with Crippen molar-refractivity contribution < 1.29 is 18.8 Å². The van der Waals surface area contributed by atoms with Crippen LogP contribution in [0.25, 0.3) is 0 Å². The highest BCUT2D eigenvalue weighted by atomic mass is 28.4. The first-order chi connectivity index (χ1) is 12.6. The largest absolute Gasteiger partial charge is 0.415 e. The van der Waals surface area contributed by atoms with Crippen LogP contribution in [0, 0.1) is 23.2 Å². The smallest absolute Gasteiger partial charge is 0.281 e. The summed E-state index contributed by atoms with van der Waals surface area (Å²) in [4.78, 5) is 37.6. The number of aldehydes is 2. The summed E-state index contributed by atoms with van der Waals surface area (Å²) in [6, 6.07) is 0.274. The molecule has 0 aromatic heterocycles. The van der Waals surface area contributed by atoms with Gasteiger partial charge >= 0.3 is 0 Å². The number of carbonyl (C=O) groups excluding carboxylic acids is 3. The number of hydrogen-bond acceptors (Lipinski definition) is 5. The third-order valence-electron chi connectivity index (χ3n) is 8.29. The zero-order valence-electron chi connectivity index (χ0n) is 17.4. The zero-order valence-corrected chi connectivity index (χ0v) is 18.4. The van der Waals surface area contributed by atoms with Crippen molar-refractivity contribution in [3.05, 3.63) is 0 Å². The van der Waals surface area contributed by atoms with Crippen molar-refractivity contribution in [3.8, 4) is 0 Å². The van der Waals surface area contributed by atoms with Gasteiger partial charge in [-0.25, -0.2) is 0 Å². The molecule has 7 heteroatoms. The fraction of sp³-hybridized carbons (Fsp3) is 0.850. The highest BCUT2D eigenvalue weighted by Gasteiger charge is 2.68. The Hall–Kier alpha value is -0.788. The fourth-order valence-corrected chi connectivity index (χ4v) is 7.12. The van der Waals surface area contributed by atoms with Gasteiger partial charge in [0.25, 0.3) is 7.41 Å². The molecule has 0 bridgehead atoms. The lowest BCUT2D eigenvalue weighted by molar-refractivity contribution is -0.114. The number of nitrogens with zero attached hydrogens (tertiary/aromatic N) is 1. The Morgan fingerprint density at radius 1 is 1.22 bits per heavy atom. The second-order valence-corrected chi connectivity index (χ2v) is 15.1. The highest BCUT2D eigenvalue weighted by molar-refractivity contribution is 6.74. The van der Waals surface area contributed by atoms with Crippen LogP contribution in [0.5, 0.6) is 0 Å². The average Bonchev–Trinajstić information content (AvgIpc) is 3.21. The highest BCUT2D eigenvalue weighted by Crippen LogP contribution is 2.65. The van der Waals surface area contributed by atoms with Crippen LogP contribution in [0.4, 0.5) is 0 Å². The van der Waals surface area contributed by atoms with Crippen LogP contribution >= 0.6 is 0 Å². The van der Waals surface area contributed by atoms with Gasteiger partial charge in [0.15, 0.2) is 8.32 Å². The van der Waals surface area contributed by atoms with E-state index in [1.807, 2.05) is 0 Å². The van der Waals surface area contributed by atoms with Crippen LogP contribution < -0.4 is 0 Å². The lowest BCUT2D eigenvalue weighted by atomic mass is 9.68. The van der Waals surface area contributed by atoms with Gasteiger partial charge in [-0.3, -0.25) is 0 Å². The first kappa shape index (κ1) is 20.9. The zero-order chi connectivity index (χ0) is 20.0. The quantitative estimate of drug-likeness (QED) is 0.493. The molecule has 5 unspecified atom stereocenters. The molecule has 3 fully saturated rings. The topological polar surface area (TPSA) is 63.7 Å². The summed E-state index contributed by atoms with van der Waals surface area (Å²) in [5.74, 6) is -0.0508. The van der Waals surface area contributed by atoms with Crippen molar-refractivity contribution in [1.29, 1.82) is 0 Å². The lowest BCUT2D eigenvalue weighted by Gasteiger charge is -2.39. The molecule has 1 spiro atoms. The first-order valence-electron chi connectivity index (χ1n) is 10.4. The van der Waals surface area contributed by atoms with E-state index in [0.717, 1.165) is 38.0 Å². The Balaban J connectivity index is 1.95. The SMILES string of the molecule is CC(C)(C)[Si](C)(C)OC[C@@H]1C2C(C=O)CC(C=O)C23CCCC3N1BC=O. The molecular formula is C20H34BNO4Si. The van der Waals surface area contributed by atoms with Gasteiger partial charge < -0.3 is 23.6 Å². The Labute approximate surface area is 165 Å². The van der Waals surface area contributed by atoms with Gasteiger partial charge in [0.1, 0.15) is 12.6 Å². The second-order valence-electron chi connectivity index (χ2n) is 10.3. The third-order valence-corrected chi connectivity index (χ3v) is 12.8. The molecule has 0 amide bonds. The molecule has 3 rings (SSSR count). The van der Waals surface area contributed by atoms with Crippen molar-refractivity contribution >= 4 is 34.5 Å². The first-order valence-corrected chi connectivity index (χ1v) is 13.3. The van der Waals surface area contributed by atoms with E-state index in [4.69, 9.17) is 4.43 Å². The van der Waals surface area contributed by atoms with Gasteiger partial charge in [0, 0.05) is 30.5 Å². The molecule has 0 radical (unpaired) electrons. The van der Waals surface area contributed by atoms with Crippen molar-refractivity contribution in [3.63, 3.8) is 0 Å². The molecule has 150 valence electrons. The number of rotatable bonds is 7. The summed E-state index contributed by atoms with van der Waals surface area (Å²) in [6.07, 6.45) is 6.86. The third kappa shape index (κ3) is 3.10. The average molecular weight is 391 g/mol. The Morgan fingerprint density at radius 3 is 2.48 bits per heavy atom. The van der Waals surface area contributed by atoms with Gasteiger partial charge in [-0.05, 0) is 48.7 Å². The minimum absolute atomic E-state index is 0.0507. The van der Waals surface area contributed by atoms with Crippen molar-refractivity contribution in [2.45, 2.75) is 76.7 Å². The second kappa shape index (κ2) is 7.23. The van der Waals surface area contributed by atoms with Gasteiger partial charge in [-0.1, -0.05) is 27.2 Å². The van der Waals surface area contributed by atoms with E-state index >= 15 is 0 Å². The molecule has 2 aliphatic carbocycles. The van der Waals surface area contributed by atoms with Gasteiger partial charge in [-0.15, -0.1) is 0 Å². The van der Waals surface area contributed by atoms with Gasteiger partial charge in [-0.2, -0.15) is 0 Å². The summed E-state index contributed by atoms with van der Waals surface area (Å²) in [5, 5.41) is 0.111. The Kier molecular flexibility index (Phi) is 5.61. The van der Waals surface area contributed by atoms with Crippen LogP contribution in [0.1, 0.15) is 46.5 Å². The summed E-state index contributed by atoms with van der Waals surface area (Å²) >= 11 is 0. The van der Waals surface area contributed by atoms with Gasteiger partial charge in [0.05, 0.1) is 6.19 Å². The molecule has 27 heavy (non-hydrogen) atoms. The number of carbonyl (C=O) groups is 3. The predicted octanol–water partition coefficient (Wildman–Crippen LogP) is 2.42. The summed E-state index contributed by atoms with van der Waals surface area (Å²) in [5.41, 5.74) is -0.141. The van der Waals surface area contributed by atoms with E-state index in [9.17, 15) is 14.4 Å². The maximum atomic E-state index is 11.9. The lowest BCUT2D eigenvalue weighted by Crippen LogP contribution is -2.49. The van der Waals surface area contributed by atoms with E-state index < -0.39 is 8.32 Å². The van der Waals surface area contributed by atoms with Crippen LogP contribution in [-0.4, -0.2) is 58.0 Å². The molecule has 1 heterocycles. The summed E-state index contributed by atoms with van der Waals surface area (Å²) in [6.45, 7) is 11.7. The minimum atomic E-state index is -1.94. The van der Waals surface area contributed by atoms with E-state index in [0.29, 0.717) is 20.4 Å². The standard InChI is InChI=1S/C20H34BNO4Si/c1-19(2,3)27(4,5)26-12-16-18-14(10-23)9-15(11-24)20(18)8-6-7-17(20)22(16)21-13-25/h10-11,13-18,21H,6-9,12H2,1-5H3/t14?,15?,16-,17?,18?,20?/m1/s1. The van der Waals surface area contributed by atoms with E-state index in [-0.39, 0.29) is 40.3 Å². The minimum Gasteiger partial charge on any atom is -0.415 e. The molecule has 0 aromatic carbocycles. The molecule has 1 saturated heterocycles. The molecule has 3 aliphatic rings. The van der Waals surface area contributed by atoms with Crippen LogP contribution in [-0.2, 0) is 18.8 Å². The van der Waals surface area contributed by atoms with Crippen molar-refractivity contribution in [1.82, 2.24) is 4.81 Å². The van der Waals surface area contributed by atoms with Gasteiger partial charge in [0.2, 0.25) is 0 Å². The molecule has 0 aromatic rings. The monoisotopic (exact) mass is 391 g/mol. The molecule has 0 N–H and O–H groups in total. The molecule has 2 saturated carbocycles. The van der Waals surface area contributed by atoms with Crippen LogP contribution in [0.15, 0.2) is 0 Å².